The molecule has 1 saturated heterocycles. The molecule has 5 heteroatoms. The summed E-state index contributed by atoms with van der Waals surface area (Å²) in [5, 5.41) is 9.49. The third-order valence-electron chi connectivity index (χ3n) is 4.22. The van der Waals surface area contributed by atoms with E-state index < -0.39 is 5.97 Å². The SMILES string of the molecule is CCCc1nc2cccc(C(=O)O)c2n1C1CCN(C)C1. The molecule has 1 aromatic heterocycles. The van der Waals surface area contributed by atoms with Crippen molar-refractivity contribution in [3.8, 4) is 0 Å². The van der Waals surface area contributed by atoms with Gasteiger partial charge in [0.15, 0.2) is 0 Å². The van der Waals surface area contributed by atoms with Gasteiger partial charge in [-0.1, -0.05) is 13.0 Å². The van der Waals surface area contributed by atoms with Crippen molar-refractivity contribution in [1.29, 1.82) is 0 Å². The van der Waals surface area contributed by atoms with Crippen LogP contribution in [0.15, 0.2) is 18.2 Å². The molecule has 1 aliphatic rings. The summed E-state index contributed by atoms with van der Waals surface area (Å²) in [6.45, 7) is 4.13. The smallest absolute Gasteiger partial charge is 0.337 e. The van der Waals surface area contributed by atoms with E-state index in [0.717, 1.165) is 49.2 Å². The van der Waals surface area contributed by atoms with E-state index in [1.54, 1.807) is 12.1 Å². The number of imidazole rings is 1. The standard InChI is InChI=1S/C16H21N3O2/c1-3-5-14-17-13-7-4-6-12(16(20)21)15(13)19(14)11-8-9-18(2)10-11/h4,6-7,11H,3,5,8-10H2,1-2H3,(H,20,21). The van der Waals surface area contributed by atoms with E-state index >= 15 is 0 Å². The van der Waals surface area contributed by atoms with Crippen LogP contribution in [0.5, 0.6) is 0 Å². The molecule has 1 N–H and O–H groups in total. The van der Waals surface area contributed by atoms with E-state index in [1.165, 1.54) is 0 Å². The summed E-state index contributed by atoms with van der Waals surface area (Å²) in [5.41, 5.74) is 1.94. The summed E-state index contributed by atoms with van der Waals surface area (Å²) in [5.74, 6) is 0.137. The van der Waals surface area contributed by atoms with Crippen molar-refractivity contribution in [2.45, 2.75) is 32.2 Å². The number of hydrogen-bond acceptors (Lipinski definition) is 3. The Morgan fingerprint density at radius 1 is 1.48 bits per heavy atom. The van der Waals surface area contributed by atoms with Gasteiger partial charge >= 0.3 is 5.97 Å². The molecule has 0 saturated carbocycles. The minimum Gasteiger partial charge on any atom is -0.478 e. The van der Waals surface area contributed by atoms with Gasteiger partial charge in [0.25, 0.3) is 0 Å². The predicted octanol–water partition coefficient (Wildman–Crippen LogP) is 2.56. The summed E-state index contributed by atoms with van der Waals surface area (Å²) in [6, 6.07) is 5.69. The van der Waals surface area contributed by atoms with Crippen LogP contribution in [-0.4, -0.2) is 45.7 Å². The van der Waals surface area contributed by atoms with Crippen LogP contribution in [0.1, 0.15) is 42.0 Å². The van der Waals surface area contributed by atoms with Crippen molar-refractivity contribution in [1.82, 2.24) is 14.5 Å². The van der Waals surface area contributed by atoms with E-state index in [9.17, 15) is 9.90 Å². The van der Waals surface area contributed by atoms with Gasteiger partial charge in [-0.25, -0.2) is 9.78 Å². The highest BCUT2D eigenvalue weighted by molar-refractivity contribution is 6.01. The second-order valence-corrected chi connectivity index (χ2v) is 5.83. The summed E-state index contributed by atoms with van der Waals surface area (Å²) in [4.78, 5) is 18.5. The van der Waals surface area contributed by atoms with E-state index in [1.807, 2.05) is 6.07 Å². The number of carboxylic acid groups (broad SMARTS) is 1. The minimum absolute atomic E-state index is 0.321. The summed E-state index contributed by atoms with van der Waals surface area (Å²) < 4.78 is 2.19. The second-order valence-electron chi connectivity index (χ2n) is 5.83. The number of likely N-dealkylation sites (tertiary alicyclic amines) is 1. The lowest BCUT2D eigenvalue weighted by atomic mass is 10.1. The fourth-order valence-electron chi connectivity index (χ4n) is 3.29. The Morgan fingerprint density at radius 3 is 2.90 bits per heavy atom. The van der Waals surface area contributed by atoms with Crippen LogP contribution in [0.25, 0.3) is 11.0 Å². The quantitative estimate of drug-likeness (QED) is 0.939. The fourth-order valence-corrected chi connectivity index (χ4v) is 3.29. The van der Waals surface area contributed by atoms with E-state index in [2.05, 4.69) is 23.4 Å². The van der Waals surface area contributed by atoms with Crippen LogP contribution in [0.4, 0.5) is 0 Å². The van der Waals surface area contributed by atoms with E-state index in [4.69, 9.17) is 4.98 Å². The molecule has 1 unspecified atom stereocenters. The molecule has 0 spiro atoms. The van der Waals surface area contributed by atoms with Crippen LogP contribution >= 0.6 is 0 Å². The first-order chi connectivity index (χ1) is 10.1. The maximum absolute atomic E-state index is 11.6. The zero-order valence-corrected chi connectivity index (χ0v) is 12.5. The molecule has 0 bridgehead atoms. The van der Waals surface area contributed by atoms with Gasteiger partial charge < -0.3 is 14.6 Å². The Labute approximate surface area is 124 Å². The number of carbonyl (C=O) groups is 1. The van der Waals surface area contributed by atoms with Crippen LogP contribution in [0, 0.1) is 0 Å². The molecule has 0 amide bonds. The molecule has 21 heavy (non-hydrogen) atoms. The molecule has 1 aliphatic heterocycles. The van der Waals surface area contributed by atoms with Crippen molar-refractivity contribution >= 4 is 17.0 Å². The molecule has 3 rings (SSSR count). The van der Waals surface area contributed by atoms with Gasteiger partial charge in [0.1, 0.15) is 5.82 Å². The zero-order chi connectivity index (χ0) is 15.0. The average molecular weight is 287 g/mol. The normalized spacial score (nSPS) is 19.4. The topological polar surface area (TPSA) is 58.4 Å². The van der Waals surface area contributed by atoms with Gasteiger partial charge in [-0.3, -0.25) is 0 Å². The Kier molecular flexibility index (Phi) is 3.68. The van der Waals surface area contributed by atoms with Crippen molar-refractivity contribution < 1.29 is 9.90 Å². The lowest BCUT2D eigenvalue weighted by Crippen LogP contribution is -2.18. The monoisotopic (exact) mass is 287 g/mol. The average Bonchev–Trinajstić information content (AvgIpc) is 3.01. The highest BCUT2D eigenvalue weighted by Crippen LogP contribution is 2.30. The highest BCUT2D eigenvalue weighted by atomic mass is 16.4. The third-order valence-corrected chi connectivity index (χ3v) is 4.22. The number of aryl methyl sites for hydroxylation is 1. The van der Waals surface area contributed by atoms with Crippen molar-refractivity contribution in [3.63, 3.8) is 0 Å². The van der Waals surface area contributed by atoms with Crippen LogP contribution in [0.2, 0.25) is 0 Å². The van der Waals surface area contributed by atoms with Crippen LogP contribution in [-0.2, 0) is 6.42 Å². The fraction of sp³-hybridized carbons (Fsp3) is 0.500. The van der Waals surface area contributed by atoms with Gasteiger partial charge in [0, 0.05) is 19.0 Å². The van der Waals surface area contributed by atoms with Gasteiger partial charge in [0.05, 0.1) is 16.6 Å². The van der Waals surface area contributed by atoms with E-state index in [-0.39, 0.29) is 0 Å². The second kappa shape index (κ2) is 5.48. The number of aromatic carboxylic acids is 1. The van der Waals surface area contributed by atoms with Crippen molar-refractivity contribution in [2.75, 3.05) is 20.1 Å². The van der Waals surface area contributed by atoms with Crippen LogP contribution in [0.3, 0.4) is 0 Å². The lowest BCUT2D eigenvalue weighted by Gasteiger charge is -2.17. The van der Waals surface area contributed by atoms with Gasteiger partial charge in [-0.05, 0) is 38.6 Å². The molecule has 112 valence electrons. The van der Waals surface area contributed by atoms with Gasteiger partial charge in [0.2, 0.25) is 0 Å². The molecule has 1 fully saturated rings. The predicted molar refractivity (Wildman–Crippen MR) is 81.8 cm³/mol. The molecule has 5 nitrogen and oxygen atoms in total. The first-order valence-corrected chi connectivity index (χ1v) is 7.53. The molecule has 1 atom stereocenters. The summed E-state index contributed by atoms with van der Waals surface area (Å²) >= 11 is 0. The first-order valence-electron chi connectivity index (χ1n) is 7.53. The summed E-state index contributed by atoms with van der Waals surface area (Å²) in [7, 11) is 2.11. The molecule has 1 aromatic carbocycles. The number of nitrogens with zero attached hydrogens (tertiary/aromatic N) is 3. The number of para-hydroxylation sites is 1. The molecular weight excluding hydrogens is 266 g/mol. The maximum Gasteiger partial charge on any atom is 0.337 e. The summed E-state index contributed by atoms with van der Waals surface area (Å²) in [6.07, 6.45) is 2.94. The number of benzene rings is 1. The number of carboxylic acids is 1. The van der Waals surface area contributed by atoms with Crippen LogP contribution < -0.4 is 0 Å². The Morgan fingerprint density at radius 2 is 2.29 bits per heavy atom. The number of likely N-dealkylation sites (N-methyl/N-ethyl adjacent to an activating group) is 1. The third kappa shape index (κ3) is 2.42. The first kappa shape index (κ1) is 14.1. The molecule has 0 radical (unpaired) electrons. The molecule has 0 aliphatic carbocycles. The molecule has 2 heterocycles. The lowest BCUT2D eigenvalue weighted by molar-refractivity contribution is 0.0698. The number of hydrogen-bond donors (Lipinski definition) is 1. The Balaban J connectivity index is 2.22. The minimum atomic E-state index is -0.879. The molecular formula is C16H21N3O2. The number of rotatable bonds is 4. The Hall–Kier alpha value is -1.88. The zero-order valence-electron chi connectivity index (χ0n) is 12.5. The van der Waals surface area contributed by atoms with Crippen molar-refractivity contribution in [2.24, 2.45) is 0 Å². The Bertz CT molecular complexity index is 677. The number of fused-ring (bicyclic) bond motifs is 1. The highest BCUT2D eigenvalue weighted by Gasteiger charge is 2.27. The maximum atomic E-state index is 11.6. The van der Waals surface area contributed by atoms with Gasteiger partial charge in [-0.15, -0.1) is 0 Å². The van der Waals surface area contributed by atoms with Crippen molar-refractivity contribution in [3.05, 3.63) is 29.6 Å². The molecule has 2 aromatic rings. The van der Waals surface area contributed by atoms with E-state index in [0.29, 0.717) is 11.6 Å². The largest absolute Gasteiger partial charge is 0.478 e. The number of aromatic nitrogens is 2. The van der Waals surface area contributed by atoms with Gasteiger partial charge in [-0.2, -0.15) is 0 Å².